The maximum atomic E-state index is 12.4. The van der Waals surface area contributed by atoms with Crippen molar-refractivity contribution in [2.24, 2.45) is 17.8 Å². The minimum absolute atomic E-state index is 0.00821. The molecule has 2 amide bonds. The van der Waals surface area contributed by atoms with Crippen molar-refractivity contribution in [2.45, 2.75) is 50.4 Å². The number of hydrogen-bond donors (Lipinski definition) is 2. The second kappa shape index (κ2) is 6.07. The summed E-state index contributed by atoms with van der Waals surface area (Å²) in [5, 5.41) is 12.3. The van der Waals surface area contributed by atoms with Crippen LogP contribution in [-0.4, -0.2) is 45.7 Å². The molecule has 0 radical (unpaired) electrons. The number of carboxylic acids is 1. The maximum Gasteiger partial charge on any atom is 0.327 e. The van der Waals surface area contributed by atoms with Crippen LogP contribution in [0.1, 0.15) is 39.0 Å². The van der Waals surface area contributed by atoms with Gasteiger partial charge in [0, 0.05) is 12.3 Å². The molecule has 2 bridgehead atoms. The van der Waals surface area contributed by atoms with Crippen LogP contribution in [0.4, 0.5) is 4.79 Å². The molecule has 5 unspecified atom stereocenters. The number of carbonyl (C=O) groups excluding carboxylic acids is 1. The van der Waals surface area contributed by atoms with Crippen LogP contribution >= 0.6 is 11.8 Å². The molecule has 5 atom stereocenters. The number of hydrogen-bond acceptors (Lipinski definition) is 3. The lowest BCUT2D eigenvalue weighted by molar-refractivity contribution is -0.141. The Morgan fingerprint density at radius 3 is 2.71 bits per heavy atom. The summed E-state index contributed by atoms with van der Waals surface area (Å²) in [6.45, 7) is 2.71. The summed E-state index contributed by atoms with van der Waals surface area (Å²) in [6, 6.07) is -0.873. The molecule has 2 N–H and O–H groups in total. The van der Waals surface area contributed by atoms with Gasteiger partial charge in [0.25, 0.3) is 0 Å². The second-order valence-corrected chi connectivity index (χ2v) is 7.79. The predicted molar refractivity (Wildman–Crippen MR) is 82.1 cm³/mol. The summed E-state index contributed by atoms with van der Waals surface area (Å²) >= 11 is 1.57. The highest BCUT2D eigenvalue weighted by atomic mass is 32.2. The zero-order valence-corrected chi connectivity index (χ0v) is 13.3. The van der Waals surface area contributed by atoms with Gasteiger partial charge in [0.1, 0.15) is 6.04 Å². The summed E-state index contributed by atoms with van der Waals surface area (Å²) < 4.78 is 0. The summed E-state index contributed by atoms with van der Waals surface area (Å²) in [4.78, 5) is 25.3. The standard InChI is InChI=1S/C15H24N2O3S/c1-2-13-17(12(8-21-13)14(18)19)15(20)16-7-11-6-9-3-4-10(11)5-9/h9-13H,2-8H2,1H3,(H,16,20)(H,18,19). The quantitative estimate of drug-likeness (QED) is 0.836. The summed E-state index contributed by atoms with van der Waals surface area (Å²) in [6.07, 6.45) is 6.02. The number of carbonyl (C=O) groups is 2. The number of nitrogens with zero attached hydrogens (tertiary/aromatic N) is 1. The molecule has 0 aromatic carbocycles. The minimum atomic E-state index is -0.895. The van der Waals surface area contributed by atoms with Crippen LogP contribution in [-0.2, 0) is 4.79 Å². The van der Waals surface area contributed by atoms with Gasteiger partial charge in [-0.1, -0.05) is 13.3 Å². The third kappa shape index (κ3) is 2.87. The molecule has 118 valence electrons. The topological polar surface area (TPSA) is 69.6 Å². The number of thioether (sulfide) groups is 1. The lowest BCUT2D eigenvalue weighted by Gasteiger charge is -2.28. The Kier molecular flexibility index (Phi) is 4.33. The third-order valence-corrected chi connectivity index (χ3v) is 6.81. The van der Waals surface area contributed by atoms with Crippen molar-refractivity contribution in [3.05, 3.63) is 0 Å². The molecular weight excluding hydrogens is 288 g/mol. The molecular formula is C15H24N2O3S. The average Bonchev–Trinajstić information content (AvgIpc) is 3.17. The molecule has 1 aliphatic heterocycles. The van der Waals surface area contributed by atoms with Crippen molar-refractivity contribution < 1.29 is 14.7 Å². The summed E-state index contributed by atoms with van der Waals surface area (Å²) in [7, 11) is 0. The van der Waals surface area contributed by atoms with E-state index >= 15 is 0 Å². The predicted octanol–water partition coefficient (Wildman–Crippen LogP) is 2.37. The normalized spacial score (nSPS) is 38.0. The fraction of sp³-hybridized carbons (Fsp3) is 0.867. The largest absolute Gasteiger partial charge is 0.480 e. The van der Waals surface area contributed by atoms with Crippen LogP contribution in [0.3, 0.4) is 0 Å². The first-order valence-electron chi connectivity index (χ1n) is 8.00. The number of carboxylic acid groups (broad SMARTS) is 1. The van der Waals surface area contributed by atoms with Crippen molar-refractivity contribution in [2.75, 3.05) is 12.3 Å². The van der Waals surface area contributed by atoms with Gasteiger partial charge in [-0.2, -0.15) is 0 Å². The molecule has 3 fully saturated rings. The van der Waals surface area contributed by atoms with E-state index in [-0.39, 0.29) is 11.4 Å². The minimum Gasteiger partial charge on any atom is -0.480 e. The Morgan fingerprint density at radius 1 is 1.33 bits per heavy atom. The first kappa shape index (κ1) is 15.0. The molecule has 1 heterocycles. The van der Waals surface area contributed by atoms with Crippen LogP contribution in [0.15, 0.2) is 0 Å². The summed E-state index contributed by atoms with van der Waals surface area (Å²) in [5.41, 5.74) is 0. The van der Waals surface area contributed by atoms with E-state index in [1.54, 1.807) is 16.7 Å². The number of nitrogens with one attached hydrogen (secondary N) is 1. The number of fused-ring (bicyclic) bond motifs is 2. The van der Waals surface area contributed by atoms with E-state index in [0.29, 0.717) is 18.2 Å². The van der Waals surface area contributed by atoms with Gasteiger partial charge in [-0.3, -0.25) is 4.90 Å². The zero-order valence-electron chi connectivity index (χ0n) is 12.5. The first-order valence-corrected chi connectivity index (χ1v) is 9.05. The molecule has 6 heteroatoms. The lowest BCUT2D eigenvalue weighted by atomic mass is 9.89. The van der Waals surface area contributed by atoms with Crippen molar-refractivity contribution in [1.29, 1.82) is 0 Å². The highest BCUT2D eigenvalue weighted by molar-refractivity contribution is 8.00. The number of rotatable bonds is 4. The van der Waals surface area contributed by atoms with Gasteiger partial charge in [0.05, 0.1) is 5.37 Å². The highest BCUT2D eigenvalue weighted by Crippen LogP contribution is 2.48. The van der Waals surface area contributed by atoms with E-state index in [1.807, 2.05) is 6.92 Å². The van der Waals surface area contributed by atoms with Crippen LogP contribution in [0.5, 0.6) is 0 Å². The number of amides is 2. The van der Waals surface area contributed by atoms with Crippen LogP contribution in [0.25, 0.3) is 0 Å². The van der Waals surface area contributed by atoms with Gasteiger partial charge in [-0.05, 0) is 43.4 Å². The molecule has 2 aliphatic carbocycles. The second-order valence-electron chi connectivity index (χ2n) is 6.58. The molecule has 3 aliphatic rings. The van der Waals surface area contributed by atoms with Crippen molar-refractivity contribution >= 4 is 23.8 Å². The Bertz CT molecular complexity index is 431. The molecule has 0 aromatic rings. The third-order valence-electron chi connectivity index (χ3n) is 5.36. The van der Waals surface area contributed by atoms with Gasteiger partial charge in [0.15, 0.2) is 0 Å². The van der Waals surface area contributed by atoms with E-state index in [0.717, 1.165) is 18.3 Å². The fourth-order valence-electron chi connectivity index (χ4n) is 4.28. The van der Waals surface area contributed by atoms with Crippen molar-refractivity contribution in [1.82, 2.24) is 10.2 Å². The molecule has 0 spiro atoms. The molecule has 2 saturated carbocycles. The van der Waals surface area contributed by atoms with Gasteiger partial charge in [0.2, 0.25) is 0 Å². The Balaban J connectivity index is 1.57. The van der Waals surface area contributed by atoms with Gasteiger partial charge in [-0.25, -0.2) is 9.59 Å². The fourth-order valence-corrected chi connectivity index (χ4v) is 5.62. The van der Waals surface area contributed by atoms with Crippen molar-refractivity contribution in [3.63, 3.8) is 0 Å². The average molecular weight is 312 g/mol. The molecule has 1 saturated heterocycles. The molecule has 0 aromatic heterocycles. The smallest absolute Gasteiger partial charge is 0.327 e. The lowest BCUT2D eigenvalue weighted by Crippen LogP contribution is -2.51. The van der Waals surface area contributed by atoms with E-state index < -0.39 is 12.0 Å². The Morgan fingerprint density at radius 2 is 2.14 bits per heavy atom. The van der Waals surface area contributed by atoms with Crippen LogP contribution in [0.2, 0.25) is 0 Å². The van der Waals surface area contributed by atoms with E-state index in [4.69, 9.17) is 0 Å². The van der Waals surface area contributed by atoms with E-state index in [2.05, 4.69) is 5.32 Å². The molecule has 21 heavy (non-hydrogen) atoms. The molecule has 5 nitrogen and oxygen atoms in total. The van der Waals surface area contributed by atoms with E-state index in [9.17, 15) is 14.7 Å². The number of aliphatic carboxylic acids is 1. The van der Waals surface area contributed by atoms with Gasteiger partial charge < -0.3 is 10.4 Å². The maximum absolute atomic E-state index is 12.4. The SMILES string of the molecule is CCC1SCC(C(=O)O)N1C(=O)NCC1CC2CCC1C2. The highest BCUT2D eigenvalue weighted by Gasteiger charge is 2.42. The Hall–Kier alpha value is -0.910. The van der Waals surface area contributed by atoms with Gasteiger partial charge >= 0.3 is 12.0 Å². The van der Waals surface area contributed by atoms with Crippen LogP contribution < -0.4 is 5.32 Å². The van der Waals surface area contributed by atoms with Gasteiger partial charge in [-0.15, -0.1) is 11.8 Å². The number of urea groups is 1. The first-order chi connectivity index (χ1) is 10.1. The van der Waals surface area contributed by atoms with Crippen molar-refractivity contribution in [3.8, 4) is 0 Å². The zero-order chi connectivity index (χ0) is 15.0. The summed E-state index contributed by atoms with van der Waals surface area (Å²) in [5.74, 6) is 1.85. The van der Waals surface area contributed by atoms with E-state index in [1.165, 1.54) is 25.7 Å². The van der Waals surface area contributed by atoms with Crippen LogP contribution in [0, 0.1) is 17.8 Å². The Labute approximate surface area is 129 Å². The molecule has 3 rings (SSSR count). The monoisotopic (exact) mass is 312 g/mol.